The second-order valence-corrected chi connectivity index (χ2v) is 8.72. The van der Waals surface area contributed by atoms with Crippen molar-refractivity contribution in [3.63, 3.8) is 0 Å². The van der Waals surface area contributed by atoms with Crippen molar-refractivity contribution in [2.75, 3.05) is 0 Å². The van der Waals surface area contributed by atoms with Crippen molar-refractivity contribution in [1.82, 2.24) is 15.1 Å². The van der Waals surface area contributed by atoms with Gasteiger partial charge in [-0.05, 0) is 55.4 Å². The van der Waals surface area contributed by atoms with E-state index in [2.05, 4.69) is 37.3 Å². The Morgan fingerprint density at radius 3 is 2.52 bits per heavy atom. The van der Waals surface area contributed by atoms with Crippen molar-refractivity contribution >= 4 is 5.91 Å². The molecule has 5 nitrogen and oxygen atoms in total. The first-order valence-corrected chi connectivity index (χ1v) is 10.1. The van der Waals surface area contributed by atoms with Crippen LogP contribution in [0.3, 0.4) is 0 Å². The van der Waals surface area contributed by atoms with Crippen LogP contribution in [0.5, 0.6) is 0 Å². The van der Waals surface area contributed by atoms with Gasteiger partial charge in [-0.1, -0.05) is 32.9 Å². The molecule has 1 heterocycles. The number of aryl methyl sites for hydroxylation is 2. The van der Waals surface area contributed by atoms with Crippen molar-refractivity contribution in [3.05, 3.63) is 52.6 Å². The number of nitrogens with zero attached hydrogens (tertiary/aromatic N) is 3. The van der Waals surface area contributed by atoms with Crippen LogP contribution in [0, 0.1) is 36.4 Å². The number of nitrogens with one attached hydrogen (secondary N) is 1. The minimum Gasteiger partial charge on any atom is -0.349 e. The maximum absolute atomic E-state index is 13.3. The molecular formula is C23H31FN4O. The van der Waals surface area contributed by atoms with Crippen LogP contribution in [0.2, 0.25) is 0 Å². The van der Waals surface area contributed by atoms with E-state index in [-0.39, 0.29) is 23.2 Å². The van der Waals surface area contributed by atoms with E-state index in [1.54, 1.807) is 12.1 Å². The summed E-state index contributed by atoms with van der Waals surface area (Å²) in [5.74, 6) is -0.318. The number of hydrogen-bond donors (Lipinski definition) is 1. The number of amides is 1. The van der Waals surface area contributed by atoms with Gasteiger partial charge in [0.15, 0.2) is 0 Å². The summed E-state index contributed by atoms with van der Waals surface area (Å²) in [7, 11) is 0. The molecule has 2 rings (SSSR count). The summed E-state index contributed by atoms with van der Waals surface area (Å²) in [6.07, 6.45) is 2.12. The van der Waals surface area contributed by atoms with Crippen LogP contribution in [0.4, 0.5) is 4.39 Å². The second kappa shape index (κ2) is 9.69. The van der Waals surface area contributed by atoms with Crippen LogP contribution in [-0.4, -0.2) is 15.7 Å². The Morgan fingerprint density at radius 1 is 1.28 bits per heavy atom. The number of aromatic nitrogens is 2. The van der Waals surface area contributed by atoms with Gasteiger partial charge >= 0.3 is 0 Å². The third-order valence-corrected chi connectivity index (χ3v) is 4.99. The molecule has 0 aliphatic rings. The molecule has 0 saturated carbocycles. The fourth-order valence-electron chi connectivity index (χ4n) is 3.53. The maximum atomic E-state index is 13.3. The number of carbonyl (C=O) groups excluding carboxylic acids is 1. The SMILES string of the molecule is Cc1nn(CCC#N)c(C)c1CCC(=O)NC(CC(C)(C)C)c1ccc(F)cc1. The summed E-state index contributed by atoms with van der Waals surface area (Å²) >= 11 is 0. The lowest BCUT2D eigenvalue weighted by Crippen LogP contribution is -2.31. The van der Waals surface area contributed by atoms with E-state index >= 15 is 0 Å². The molecule has 0 aliphatic carbocycles. The zero-order valence-electron chi connectivity index (χ0n) is 18.1. The quantitative estimate of drug-likeness (QED) is 0.696. The normalized spacial score (nSPS) is 12.4. The Bertz CT molecular complexity index is 872. The fourth-order valence-corrected chi connectivity index (χ4v) is 3.53. The predicted octanol–water partition coefficient (Wildman–Crippen LogP) is 4.78. The van der Waals surface area contributed by atoms with Crippen LogP contribution in [0.1, 0.15) is 68.6 Å². The monoisotopic (exact) mass is 398 g/mol. The molecule has 0 radical (unpaired) electrons. The highest BCUT2D eigenvalue weighted by molar-refractivity contribution is 5.76. The average Bonchev–Trinajstić information content (AvgIpc) is 2.90. The highest BCUT2D eigenvalue weighted by Gasteiger charge is 2.22. The van der Waals surface area contributed by atoms with E-state index < -0.39 is 0 Å². The largest absolute Gasteiger partial charge is 0.349 e. The summed E-state index contributed by atoms with van der Waals surface area (Å²) in [5.41, 5.74) is 3.90. The molecule has 1 amide bonds. The van der Waals surface area contributed by atoms with Crippen molar-refractivity contribution in [2.24, 2.45) is 5.41 Å². The van der Waals surface area contributed by atoms with Crippen LogP contribution in [0.25, 0.3) is 0 Å². The highest BCUT2D eigenvalue weighted by Crippen LogP contribution is 2.29. The molecule has 6 heteroatoms. The molecule has 1 aromatic carbocycles. The van der Waals surface area contributed by atoms with Gasteiger partial charge in [-0.15, -0.1) is 0 Å². The Hall–Kier alpha value is -2.68. The molecular weight excluding hydrogens is 367 g/mol. The molecule has 0 spiro atoms. The number of benzene rings is 1. The van der Waals surface area contributed by atoms with Crippen LogP contribution in [0.15, 0.2) is 24.3 Å². The summed E-state index contributed by atoms with van der Waals surface area (Å²) < 4.78 is 15.1. The lowest BCUT2D eigenvalue weighted by Gasteiger charge is -2.27. The van der Waals surface area contributed by atoms with E-state index in [1.807, 2.05) is 18.5 Å². The Balaban J connectivity index is 2.06. The number of nitriles is 1. The molecule has 0 fully saturated rings. The zero-order chi connectivity index (χ0) is 21.6. The van der Waals surface area contributed by atoms with Gasteiger partial charge < -0.3 is 5.32 Å². The lowest BCUT2D eigenvalue weighted by atomic mass is 9.85. The number of rotatable bonds is 8. The van der Waals surface area contributed by atoms with Gasteiger partial charge in [-0.3, -0.25) is 9.48 Å². The summed E-state index contributed by atoms with van der Waals surface area (Å²) in [6, 6.07) is 8.30. The summed E-state index contributed by atoms with van der Waals surface area (Å²) in [5, 5.41) is 16.4. The van der Waals surface area contributed by atoms with Crippen molar-refractivity contribution in [2.45, 2.75) is 72.9 Å². The van der Waals surface area contributed by atoms with Crippen LogP contribution in [-0.2, 0) is 17.8 Å². The summed E-state index contributed by atoms with van der Waals surface area (Å²) in [6.45, 7) is 10.8. The molecule has 0 saturated heterocycles. The highest BCUT2D eigenvalue weighted by atomic mass is 19.1. The third kappa shape index (κ3) is 6.70. The van der Waals surface area contributed by atoms with Gasteiger partial charge in [0.25, 0.3) is 0 Å². The standard InChI is InChI=1S/C23H31FN4O/c1-16-20(17(2)28(27-16)14-6-13-25)11-12-22(29)26-21(15-23(3,4)5)18-7-9-19(24)10-8-18/h7-10,21H,6,11-12,14-15H2,1-5H3,(H,26,29). The Morgan fingerprint density at radius 2 is 1.93 bits per heavy atom. The molecule has 2 aromatic rings. The van der Waals surface area contributed by atoms with Gasteiger partial charge in [0, 0.05) is 12.1 Å². The number of halogens is 1. The smallest absolute Gasteiger partial charge is 0.220 e. The van der Waals surface area contributed by atoms with Gasteiger partial charge in [-0.25, -0.2) is 4.39 Å². The van der Waals surface area contributed by atoms with Gasteiger partial charge in [0.2, 0.25) is 5.91 Å². The van der Waals surface area contributed by atoms with Crippen molar-refractivity contribution < 1.29 is 9.18 Å². The molecule has 0 aliphatic heterocycles. The minimum absolute atomic E-state index is 0.0153. The maximum Gasteiger partial charge on any atom is 0.220 e. The molecule has 156 valence electrons. The lowest BCUT2D eigenvalue weighted by molar-refractivity contribution is -0.122. The van der Waals surface area contributed by atoms with E-state index in [9.17, 15) is 9.18 Å². The Labute approximate surface area is 172 Å². The van der Waals surface area contributed by atoms with E-state index in [4.69, 9.17) is 5.26 Å². The topological polar surface area (TPSA) is 70.7 Å². The Kier molecular flexibility index (Phi) is 7.55. The zero-order valence-corrected chi connectivity index (χ0v) is 18.1. The minimum atomic E-state index is -0.283. The van der Waals surface area contributed by atoms with Gasteiger partial charge in [0.05, 0.1) is 30.8 Å². The molecule has 1 unspecified atom stereocenters. The first-order chi connectivity index (χ1) is 13.6. The van der Waals surface area contributed by atoms with Gasteiger partial charge in [0.1, 0.15) is 5.82 Å². The molecule has 29 heavy (non-hydrogen) atoms. The first-order valence-electron chi connectivity index (χ1n) is 10.1. The van der Waals surface area contributed by atoms with E-state index in [0.717, 1.165) is 28.9 Å². The second-order valence-electron chi connectivity index (χ2n) is 8.72. The third-order valence-electron chi connectivity index (χ3n) is 4.99. The summed E-state index contributed by atoms with van der Waals surface area (Å²) in [4.78, 5) is 12.7. The van der Waals surface area contributed by atoms with Crippen molar-refractivity contribution in [3.8, 4) is 6.07 Å². The van der Waals surface area contributed by atoms with Crippen LogP contribution >= 0.6 is 0 Å². The molecule has 1 aromatic heterocycles. The average molecular weight is 399 g/mol. The number of hydrogen-bond acceptors (Lipinski definition) is 3. The molecule has 0 bridgehead atoms. The predicted molar refractivity (Wildman–Crippen MR) is 112 cm³/mol. The fraction of sp³-hybridized carbons (Fsp3) is 0.522. The molecule has 1 atom stereocenters. The van der Waals surface area contributed by atoms with E-state index in [0.29, 0.717) is 25.8 Å². The number of carbonyl (C=O) groups is 1. The van der Waals surface area contributed by atoms with Crippen LogP contribution < -0.4 is 5.32 Å². The first kappa shape index (κ1) is 22.6. The van der Waals surface area contributed by atoms with Crippen molar-refractivity contribution in [1.29, 1.82) is 5.26 Å². The van der Waals surface area contributed by atoms with Gasteiger partial charge in [-0.2, -0.15) is 10.4 Å². The molecule has 1 N–H and O–H groups in total. The van der Waals surface area contributed by atoms with E-state index in [1.165, 1.54) is 12.1 Å².